The van der Waals surface area contributed by atoms with Gasteiger partial charge >= 0.3 is 0 Å². The molecule has 6 nitrogen and oxygen atoms in total. The highest BCUT2D eigenvalue weighted by atomic mass is 32.2. The van der Waals surface area contributed by atoms with E-state index in [1.54, 1.807) is 17.6 Å². The number of sulfonamides is 1. The fourth-order valence-corrected chi connectivity index (χ4v) is 4.93. The monoisotopic (exact) mass is 325 g/mol. The average molecular weight is 325 g/mol. The van der Waals surface area contributed by atoms with Gasteiger partial charge in [-0.2, -0.15) is 4.31 Å². The van der Waals surface area contributed by atoms with Gasteiger partial charge in [-0.25, -0.2) is 8.42 Å². The molecule has 3 heterocycles. The van der Waals surface area contributed by atoms with E-state index in [4.69, 9.17) is 4.74 Å². The first-order chi connectivity index (χ1) is 10.5. The molecule has 0 radical (unpaired) electrons. The van der Waals surface area contributed by atoms with Crippen molar-refractivity contribution in [3.63, 3.8) is 0 Å². The molecule has 1 aromatic heterocycles. The van der Waals surface area contributed by atoms with Crippen molar-refractivity contribution in [1.82, 2.24) is 14.2 Å². The molecule has 7 heteroatoms. The second-order valence-electron chi connectivity index (χ2n) is 6.22. The summed E-state index contributed by atoms with van der Waals surface area (Å²) in [4.78, 5) is 6.45. The predicted octanol–water partition coefficient (Wildman–Crippen LogP) is 0.562. The van der Waals surface area contributed by atoms with E-state index in [1.165, 1.54) is 6.26 Å². The third kappa shape index (κ3) is 3.17. The Morgan fingerprint density at radius 1 is 1.41 bits per heavy atom. The van der Waals surface area contributed by atoms with Crippen molar-refractivity contribution in [3.8, 4) is 0 Å². The molecular formula is C15H23N3O3S. The quantitative estimate of drug-likeness (QED) is 0.809. The zero-order valence-electron chi connectivity index (χ0n) is 13.1. The van der Waals surface area contributed by atoms with Crippen LogP contribution < -0.4 is 0 Å². The summed E-state index contributed by atoms with van der Waals surface area (Å²) in [6.07, 6.45) is 5.85. The minimum Gasteiger partial charge on any atom is -0.381 e. The molecular weight excluding hydrogens is 302 g/mol. The first kappa shape index (κ1) is 15.9. The number of hydrogen-bond acceptors (Lipinski definition) is 5. The lowest BCUT2D eigenvalue weighted by molar-refractivity contribution is 0.00245. The van der Waals surface area contributed by atoms with Crippen molar-refractivity contribution in [3.05, 3.63) is 30.1 Å². The number of ether oxygens (including phenoxy) is 1. The van der Waals surface area contributed by atoms with Crippen molar-refractivity contribution >= 4 is 10.0 Å². The summed E-state index contributed by atoms with van der Waals surface area (Å²) in [7, 11) is -1.45. The minimum absolute atomic E-state index is 0.0189. The average Bonchev–Trinajstić information content (AvgIpc) is 2.89. The lowest BCUT2D eigenvalue weighted by Crippen LogP contribution is -2.53. The van der Waals surface area contributed by atoms with E-state index in [9.17, 15) is 8.42 Å². The Morgan fingerprint density at radius 3 is 2.86 bits per heavy atom. The van der Waals surface area contributed by atoms with E-state index >= 15 is 0 Å². The van der Waals surface area contributed by atoms with E-state index < -0.39 is 10.0 Å². The van der Waals surface area contributed by atoms with Crippen molar-refractivity contribution < 1.29 is 13.2 Å². The van der Waals surface area contributed by atoms with Crippen molar-refractivity contribution in [2.24, 2.45) is 5.92 Å². The molecule has 0 amide bonds. The molecule has 22 heavy (non-hydrogen) atoms. The first-order valence-electron chi connectivity index (χ1n) is 7.60. The molecule has 0 bridgehead atoms. The lowest BCUT2D eigenvalue weighted by Gasteiger charge is -2.39. The summed E-state index contributed by atoms with van der Waals surface area (Å²) in [5.74, 6) is 0.241. The van der Waals surface area contributed by atoms with Crippen LogP contribution in [0.3, 0.4) is 0 Å². The zero-order valence-corrected chi connectivity index (χ0v) is 13.9. The predicted molar refractivity (Wildman–Crippen MR) is 83.8 cm³/mol. The maximum atomic E-state index is 12.0. The molecule has 0 aliphatic carbocycles. The van der Waals surface area contributed by atoms with Crippen LogP contribution in [0.5, 0.6) is 0 Å². The molecule has 1 aromatic rings. The van der Waals surface area contributed by atoms with Crippen molar-refractivity contribution in [2.75, 3.05) is 33.0 Å². The van der Waals surface area contributed by atoms with E-state index in [-0.39, 0.29) is 18.1 Å². The Bertz CT molecular complexity index is 608. The number of piperidine rings is 1. The van der Waals surface area contributed by atoms with Gasteiger partial charge < -0.3 is 4.74 Å². The molecule has 0 unspecified atom stereocenters. The fraction of sp³-hybridized carbons (Fsp3) is 0.667. The Balaban J connectivity index is 1.77. The lowest BCUT2D eigenvalue weighted by atomic mass is 9.91. The summed E-state index contributed by atoms with van der Waals surface area (Å²) in [6.45, 7) is 2.98. The van der Waals surface area contributed by atoms with Gasteiger partial charge in [0.15, 0.2) is 0 Å². The Hall–Kier alpha value is -1.02. The van der Waals surface area contributed by atoms with Crippen molar-refractivity contribution in [1.29, 1.82) is 0 Å². The fourth-order valence-electron chi connectivity index (χ4n) is 3.78. The zero-order chi connectivity index (χ0) is 15.7. The van der Waals surface area contributed by atoms with Crippen LogP contribution in [0.2, 0.25) is 0 Å². The summed E-state index contributed by atoms with van der Waals surface area (Å²) < 4.78 is 31.4. The Morgan fingerprint density at radius 2 is 2.23 bits per heavy atom. The van der Waals surface area contributed by atoms with Crippen LogP contribution in [0.4, 0.5) is 0 Å². The van der Waals surface area contributed by atoms with Gasteiger partial charge in [0, 0.05) is 57.6 Å². The minimum atomic E-state index is -3.17. The SMILES string of the molecule is CO[C@H]1CCN(S(C)(=O)=O)[C@@H]2CN(Cc3cccnc3)C[C@H]12. The molecule has 3 atom stereocenters. The Kier molecular flexibility index (Phi) is 4.49. The largest absolute Gasteiger partial charge is 0.381 e. The molecule has 2 aliphatic heterocycles. The molecule has 0 spiro atoms. The van der Waals surface area contributed by atoms with Gasteiger partial charge in [-0.05, 0) is 18.1 Å². The normalized spacial score (nSPS) is 30.4. The van der Waals surface area contributed by atoms with Gasteiger partial charge in [-0.1, -0.05) is 6.07 Å². The molecule has 122 valence electrons. The van der Waals surface area contributed by atoms with Gasteiger partial charge in [-0.3, -0.25) is 9.88 Å². The topological polar surface area (TPSA) is 62.7 Å². The van der Waals surface area contributed by atoms with E-state index in [0.717, 1.165) is 31.6 Å². The molecule has 0 N–H and O–H groups in total. The third-order valence-electron chi connectivity index (χ3n) is 4.75. The summed E-state index contributed by atoms with van der Waals surface area (Å²) in [5, 5.41) is 0. The molecule has 2 saturated heterocycles. The maximum absolute atomic E-state index is 12.0. The highest BCUT2D eigenvalue weighted by Crippen LogP contribution is 2.34. The molecule has 0 saturated carbocycles. The van der Waals surface area contributed by atoms with Crippen molar-refractivity contribution in [2.45, 2.75) is 25.1 Å². The second kappa shape index (κ2) is 6.23. The number of likely N-dealkylation sites (tertiary alicyclic amines) is 1. The smallest absolute Gasteiger partial charge is 0.211 e. The molecule has 0 aromatic carbocycles. The van der Waals surface area contributed by atoms with Crippen LogP contribution in [0.15, 0.2) is 24.5 Å². The van der Waals surface area contributed by atoms with Gasteiger partial charge in [0.1, 0.15) is 0 Å². The van der Waals surface area contributed by atoms with Crippen LogP contribution in [0.1, 0.15) is 12.0 Å². The van der Waals surface area contributed by atoms with E-state index in [0.29, 0.717) is 6.54 Å². The van der Waals surface area contributed by atoms with E-state index in [1.807, 2.05) is 12.3 Å². The first-order valence-corrected chi connectivity index (χ1v) is 9.44. The highest BCUT2D eigenvalue weighted by Gasteiger charge is 2.47. The number of aromatic nitrogens is 1. The number of hydrogen-bond donors (Lipinski definition) is 0. The Labute approximate surface area is 132 Å². The van der Waals surface area contributed by atoms with Gasteiger partial charge in [0.2, 0.25) is 10.0 Å². The molecule has 2 aliphatic rings. The van der Waals surface area contributed by atoms with E-state index in [2.05, 4.69) is 16.0 Å². The maximum Gasteiger partial charge on any atom is 0.211 e. The van der Waals surface area contributed by atoms with Crippen LogP contribution in [0.25, 0.3) is 0 Å². The standard InChI is InChI=1S/C15H23N3O3S/c1-21-15-5-7-18(22(2,19)20)14-11-17(10-13(14)15)9-12-4-3-6-16-8-12/h3-4,6,8,13-15H,5,7,9-11H2,1-2H3/t13-,14+,15-/m0/s1. The third-order valence-corrected chi connectivity index (χ3v) is 6.05. The second-order valence-corrected chi connectivity index (χ2v) is 8.16. The molecule has 3 rings (SSSR count). The van der Waals surface area contributed by atoms with Crippen LogP contribution in [0, 0.1) is 5.92 Å². The number of nitrogens with zero attached hydrogens (tertiary/aromatic N) is 3. The van der Waals surface area contributed by atoms with Gasteiger partial charge in [0.25, 0.3) is 0 Å². The number of pyridine rings is 1. The molecule has 2 fully saturated rings. The summed E-state index contributed by atoms with van der Waals surface area (Å²) in [5.41, 5.74) is 1.15. The number of methoxy groups -OCH3 is 1. The number of rotatable bonds is 4. The summed E-state index contributed by atoms with van der Waals surface area (Å²) >= 11 is 0. The van der Waals surface area contributed by atoms with Crippen LogP contribution in [-0.4, -0.2) is 67.8 Å². The highest BCUT2D eigenvalue weighted by molar-refractivity contribution is 7.88. The van der Waals surface area contributed by atoms with Gasteiger partial charge in [-0.15, -0.1) is 0 Å². The number of fused-ring (bicyclic) bond motifs is 1. The van der Waals surface area contributed by atoms with Crippen LogP contribution in [-0.2, 0) is 21.3 Å². The van der Waals surface area contributed by atoms with Crippen LogP contribution >= 0.6 is 0 Å². The van der Waals surface area contributed by atoms with Gasteiger partial charge in [0.05, 0.1) is 12.4 Å². The summed E-state index contributed by atoms with van der Waals surface area (Å²) in [6, 6.07) is 4.00.